The molecule has 6 nitrogen and oxygen atoms in total. The minimum Gasteiger partial charge on any atom is -0.480 e. The van der Waals surface area contributed by atoms with E-state index >= 15 is 0 Å². The Bertz CT molecular complexity index is 524. The Morgan fingerprint density at radius 2 is 2.00 bits per heavy atom. The molecule has 0 saturated heterocycles. The Balaban J connectivity index is 2.41. The Hall–Kier alpha value is -1.38. The highest BCUT2D eigenvalue weighted by Gasteiger charge is 2.15. The summed E-state index contributed by atoms with van der Waals surface area (Å²) in [5, 5.41) is 10.8. The van der Waals surface area contributed by atoms with Gasteiger partial charge in [-0.3, -0.25) is 19.7 Å². The molecule has 1 unspecified atom stereocenters. The third kappa shape index (κ3) is 5.32. The van der Waals surface area contributed by atoms with Crippen LogP contribution >= 0.6 is 27.7 Å². The molecule has 1 atom stereocenters. The van der Waals surface area contributed by atoms with E-state index in [4.69, 9.17) is 10.8 Å². The number of amides is 2. The lowest BCUT2D eigenvalue weighted by Crippen LogP contribution is -2.35. The van der Waals surface area contributed by atoms with Gasteiger partial charge in [0.2, 0.25) is 5.91 Å². The van der Waals surface area contributed by atoms with Gasteiger partial charge in [-0.2, -0.15) is 0 Å². The lowest BCUT2D eigenvalue weighted by Gasteiger charge is -2.07. The van der Waals surface area contributed by atoms with Crippen molar-refractivity contribution in [1.29, 1.82) is 0 Å². The average molecular weight is 361 g/mol. The fraction of sp³-hybridized carbons (Fsp3) is 0.250. The number of aliphatic carboxylic acids is 1. The Morgan fingerprint density at radius 1 is 1.35 bits per heavy atom. The SMILES string of the molecule is NC(CSCC(=O)NC(=O)c1ccccc1Br)C(=O)O. The van der Waals surface area contributed by atoms with Gasteiger partial charge in [0, 0.05) is 10.2 Å². The van der Waals surface area contributed by atoms with E-state index in [0.717, 1.165) is 11.8 Å². The maximum atomic E-state index is 11.8. The zero-order valence-electron chi connectivity index (χ0n) is 10.3. The van der Waals surface area contributed by atoms with Gasteiger partial charge in [0.05, 0.1) is 11.3 Å². The third-order valence-corrected chi connectivity index (χ3v) is 3.97. The van der Waals surface area contributed by atoms with Crippen molar-refractivity contribution in [1.82, 2.24) is 5.32 Å². The number of hydrogen-bond acceptors (Lipinski definition) is 5. The molecule has 0 aliphatic rings. The van der Waals surface area contributed by atoms with Crippen LogP contribution in [0.5, 0.6) is 0 Å². The molecule has 0 aliphatic carbocycles. The first-order valence-electron chi connectivity index (χ1n) is 5.56. The first kappa shape index (κ1) is 16.7. The van der Waals surface area contributed by atoms with Crippen LogP contribution in [0.25, 0.3) is 0 Å². The summed E-state index contributed by atoms with van der Waals surface area (Å²) >= 11 is 4.27. The van der Waals surface area contributed by atoms with Gasteiger partial charge in [0.1, 0.15) is 6.04 Å². The summed E-state index contributed by atoms with van der Waals surface area (Å²) in [6.07, 6.45) is 0. The van der Waals surface area contributed by atoms with Gasteiger partial charge < -0.3 is 10.8 Å². The van der Waals surface area contributed by atoms with Crippen molar-refractivity contribution in [3.8, 4) is 0 Å². The minimum atomic E-state index is -1.12. The molecule has 20 heavy (non-hydrogen) atoms. The van der Waals surface area contributed by atoms with Crippen molar-refractivity contribution in [2.75, 3.05) is 11.5 Å². The van der Waals surface area contributed by atoms with Crippen molar-refractivity contribution in [2.45, 2.75) is 6.04 Å². The van der Waals surface area contributed by atoms with Crippen LogP contribution in [0, 0.1) is 0 Å². The fourth-order valence-electron chi connectivity index (χ4n) is 1.23. The summed E-state index contributed by atoms with van der Waals surface area (Å²) in [5.41, 5.74) is 5.64. The molecule has 0 radical (unpaired) electrons. The molecule has 0 heterocycles. The number of carboxylic acids is 1. The molecule has 1 aromatic carbocycles. The van der Waals surface area contributed by atoms with Crippen LogP contribution in [-0.2, 0) is 9.59 Å². The summed E-state index contributed by atoms with van der Waals surface area (Å²) in [7, 11) is 0. The van der Waals surface area contributed by atoms with E-state index in [1.54, 1.807) is 24.3 Å². The van der Waals surface area contributed by atoms with E-state index in [9.17, 15) is 14.4 Å². The maximum absolute atomic E-state index is 11.8. The fourth-order valence-corrected chi connectivity index (χ4v) is 2.46. The maximum Gasteiger partial charge on any atom is 0.321 e. The second-order valence-electron chi connectivity index (χ2n) is 3.82. The van der Waals surface area contributed by atoms with Crippen LogP contribution in [0.15, 0.2) is 28.7 Å². The van der Waals surface area contributed by atoms with Gasteiger partial charge in [0.25, 0.3) is 5.91 Å². The van der Waals surface area contributed by atoms with Crippen LogP contribution in [-0.4, -0.2) is 40.4 Å². The average Bonchev–Trinajstić information content (AvgIpc) is 2.38. The Kier molecular flexibility index (Phi) is 6.69. The zero-order chi connectivity index (χ0) is 15.1. The second-order valence-corrected chi connectivity index (χ2v) is 5.70. The molecule has 108 valence electrons. The molecule has 0 saturated carbocycles. The van der Waals surface area contributed by atoms with Crippen molar-refractivity contribution < 1.29 is 19.5 Å². The van der Waals surface area contributed by atoms with Crippen LogP contribution in [0.2, 0.25) is 0 Å². The quantitative estimate of drug-likeness (QED) is 0.693. The lowest BCUT2D eigenvalue weighted by molar-refractivity contribution is -0.138. The largest absolute Gasteiger partial charge is 0.480 e. The number of rotatable bonds is 6. The molecule has 4 N–H and O–H groups in total. The number of carbonyl (C=O) groups excluding carboxylic acids is 2. The number of hydrogen-bond donors (Lipinski definition) is 3. The first-order valence-corrected chi connectivity index (χ1v) is 7.51. The van der Waals surface area contributed by atoms with Crippen LogP contribution in [0.1, 0.15) is 10.4 Å². The molecule has 1 rings (SSSR count). The van der Waals surface area contributed by atoms with Gasteiger partial charge >= 0.3 is 5.97 Å². The predicted molar refractivity (Wildman–Crippen MR) is 79.6 cm³/mol. The number of halogens is 1. The van der Waals surface area contributed by atoms with Crippen molar-refractivity contribution in [2.24, 2.45) is 5.73 Å². The Labute approximate surface area is 128 Å². The highest BCUT2D eigenvalue weighted by Crippen LogP contribution is 2.15. The van der Waals surface area contributed by atoms with Crippen molar-refractivity contribution >= 4 is 45.5 Å². The molecule has 0 aliphatic heterocycles. The number of nitrogens with two attached hydrogens (primary N) is 1. The number of imide groups is 1. The Morgan fingerprint density at radius 3 is 2.60 bits per heavy atom. The van der Waals surface area contributed by atoms with Crippen LogP contribution in [0.4, 0.5) is 0 Å². The number of thioether (sulfide) groups is 1. The van der Waals surface area contributed by atoms with Crippen LogP contribution < -0.4 is 11.1 Å². The number of carboxylic acid groups (broad SMARTS) is 1. The normalized spacial score (nSPS) is 11.7. The van der Waals surface area contributed by atoms with Crippen LogP contribution in [0.3, 0.4) is 0 Å². The summed E-state index contributed by atoms with van der Waals surface area (Å²) in [5.74, 6) is -2.05. The highest BCUT2D eigenvalue weighted by molar-refractivity contribution is 9.10. The van der Waals surface area contributed by atoms with Gasteiger partial charge in [0.15, 0.2) is 0 Å². The van der Waals surface area contributed by atoms with E-state index in [2.05, 4.69) is 21.2 Å². The predicted octanol–water partition coefficient (Wildman–Crippen LogP) is 0.851. The van der Waals surface area contributed by atoms with Crippen molar-refractivity contribution in [3.05, 3.63) is 34.3 Å². The van der Waals surface area contributed by atoms with E-state index in [1.165, 1.54) is 0 Å². The zero-order valence-corrected chi connectivity index (χ0v) is 12.7. The van der Waals surface area contributed by atoms with Gasteiger partial charge in [-0.1, -0.05) is 12.1 Å². The smallest absolute Gasteiger partial charge is 0.321 e. The summed E-state index contributed by atoms with van der Waals surface area (Å²) in [4.78, 5) is 33.8. The summed E-state index contributed by atoms with van der Waals surface area (Å²) in [6.45, 7) is 0. The molecule has 0 bridgehead atoms. The molecule has 2 amide bonds. The standard InChI is InChI=1S/C12H13BrN2O4S/c13-8-4-2-1-3-7(8)11(17)15-10(16)6-20-5-9(14)12(18)19/h1-4,9H,5-6,14H2,(H,18,19)(H,15,16,17). The molecule has 0 aromatic heterocycles. The van der Waals surface area contributed by atoms with E-state index in [-0.39, 0.29) is 11.5 Å². The first-order chi connectivity index (χ1) is 9.41. The second kappa shape index (κ2) is 8.03. The molecule has 1 aromatic rings. The highest BCUT2D eigenvalue weighted by atomic mass is 79.9. The third-order valence-electron chi connectivity index (χ3n) is 2.22. The molecular formula is C12H13BrN2O4S. The molecule has 0 spiro atoms. The van der Waals surface area contributed by atoms with Gasteiger partial charge in [-0.15, -0.1) is 11.8 Å². The van der Waals surface area contributed by atoms with E-state index in [0.29, 0.717) is 10.0 Å². The molecular weight excluding hydrogens is 348 g/mol. The van der Waals surface area contributed by atoms with Crippen molar-refractivity contribution in [3.63, 3.8) is 0 Å². The number of carbonyl (C=O) groups is 3. The lowest BCUT2D eigenvalue weighted by atomic mass is 10.2. The topological polar surface area (TPSA) is 109 Å². The summed E-state index contributed by atoms with van der Waals surface area (Å²) < 4.78 is 0.589. The van der Waals surface area contributed by atoms with E-state index < -0.39 is 23.8 Å². The minimum absolute atomic E-state index is 0.0306. The molecule has 0 fully saturated rings. The van der Waals surface area contributed by atoms with Gasteiger partial charge in [-0.05, 0) is 28.1 Å². The number of nitrogens with one attached hydrogen (secondary N) is 1. The monoisotopic (exact) mass is 360 g/mol. The number of benzene rings is 1. The molecule has 8 heteroatoms. The van der Waals surface area contributed by atoms with Gasteiger partial charge in [-0.25, -0.2) is 0 Å². The van der Waals surface area contributed by atoms with E-state index in [1.807, 2.05) is 0 Å². The summed E-state index contributed by atoms with van der Waals surface area (Å²) in [6, 6.07) is 5.70.